The normalized spacial score (nSPS) is 11.8. The van der Waals surface area contributed by atoms with E-state index < -0.39 is 5.54 Å². The SMILES string of the molecule is Cc1[nH]c2cc(O)ccc2c1C(=O)NC(C)(C)CN. The third kappa shape index (κ3) is 2.56. The molecule has 5 N–H and O–H groups in total. The monoisotopic (exact) mass is 261 g/mol. The molecule has 0 aliphatic rings. The molecule has 0 bridgehead atoms. The zero-order chi connectivity index (χ0) is 14.2. The van der Waals surface area contributed by atoms with Crippen molar-refractivity contribution in [3.8, 4) is 5.75 Å². The van der Waals surface area contributed by atoms with Gasteiger partial charge in [0.15, 0.2) is 0 Å². The third-order valence-corrected chi connectivity index (χ3v) is 3.16. The quantitative estimate of drug-likeness (QED) is 0.677. The van der Waals surface area contributed by atoms with Crippen molar-refractivity contribution in [3.63, 3.8) is 0 Å². The van der Waals surface area contributed by atoms with Crippen LogP contribution >= 0.6 is 0 Å². The van der Waals surface area contributed by atoms with E-state index in [0.29, 0.717) is 12.1 Å². The Labute approximate surface area is 111 Å². The fourth-order valence-electron chi connectivity index (χ4n) is 2.03. The first kappa shape index (κ1) is 13.4. The van der Waals surface area contributed by atoms with Crippen LogP contribution in [0.15, 0.2) is 18.2 Å². The summed E-state index contributed by atoms with van der Waals surface area (Å²) in [4.78, 5) is 15.5. The number of hydrogen-bond donors (Lipinski definition) is 4. The zero-order valence-corrected chi connectivity index (χ0v) is 11.4. The smallest absolute Gasteiger partial charge is 0.254 e. The molecular weight excluding hydrogens is 242 g/mol. The lowest BCUT2D eigenvalue weighted by molar-refractivity contribution is 0.0917. The maximum Gasteiger partial charge on any atom is 0.254 e. The van der Waals surface area contributed by atoms with Crippen molar-refractivity contribution in [2.24, 2.45) is 5.73 Å². The molecule has 1 aromatic carbocycles. The molecule has 0 aliphatic heterocycles. The van der Waals surface area contributed by atoms with Crippen LogP contribution in [0.1, 0.15) is 29.9 Å². The van der Waals surface area contributed by atoms with E-state index in [9.17, 15) is 9.90 Å². The number of H-pyrrole nitrogens is 1. The van der Waals surface area contributed by atoms with Gasteiger partial charge in [0.25, 0.3) is 5.91 Å². The van der Waals surface area contributed by atoms with Gasteiger partial charge in [-0.2, -0.15) is 0 Å². The van der Waals surface area contributed by atoms with Gasteiger partial charge in [0, 0.05) is 29.2 Å². The van der Waals surface area contributed by atoms with Gasteiger partial charge in [-0.1, -0.05) is 0 Å². The summed E-state index contributed by atoms with van der Waals surface area (Å²) in [5.41, 5.74) is 7.28. The second-order valence-corrected chi connectivity index (χ2v) is 5.40. The Morgan fingerprint density at radius 3 is 2.79 bits per heavy atom. The number of hydrogen-bond acceptors (Lipinski definition) is 3. The summed E-state index contributed by atoms with van der Waals surface area (Å²) < 4.78 is 0. The van der Waals surface area contributed by atoms with E-state index in [2.05, 4.69) is 10.3 Å². The Kier molecular flexibility index (Phi) is 3.24. The van der Waals surface area contributed by atoms with Crippen LogP contribution in [0, 0.1) is 6.92 Å². The number of fused-ring (bicyclic) bond motifs is 1. The van der Waals surface area contributed by atoms with Crippen LogP contribution in [0.3, 0.4) is 0 Å². The van der Waals surface area contributed by atoms with Gasteiger partial charge in [-0.3, -0.25) is 4.79 Å². The van der Waals surface area contributed by atoms with Crippen molar-refractivity contribution < 1.29 is 9.90 Å². The number of carbonyl (C=O) groups excluding carboxylic acids is 1. The molecule has 1 amide bonds. The van der Waals surface area contributed by atoms with Gasteiger partial charge in [0.2, 0.25) is 0 Å². The minimum Gasteiger partial charge on any atom is -0.508 e. The second-order valence-electron chi connectivity index (χ2n) is 5.40. The number of rotatable bonds is 3. The predicted molar refractivity (Wildman–Crippen MR) is 75.3 cm³/mol. The van der Waals surface area contributed by atoms with Gasteiger partial charge in [-0.05, 0) is 32.9 Å². The lowest BCUT2D eigenvalue weighted by Crippen LogP contribution is -2.48. The van der Waals surface area contributed by atoms with E-state index in [-0.39, 0.29) is 11.7 Å². The van der Waals surface area contributed by atoms with Crippen molar-refractivity contribution in [1.82, 2.24) is 10.3 Å². The summed E-state index contributed by atoms with van der Waals surface area (Å²) in [5.74, 6) is 0.00730. The molecule has 0 saturated heterocycles. The molecule has 0 radical (unpaired) electrons. The Balaban J connectivity index is 2.45. The summed E-state index contributed by atoms with van der Waals surface area (Å²) in [6.07, 6.45) is 0. The van der Waals surface area contributed by atoms with Crippen molar-refractivity contribution in [2.75, 3.05) is 6.54 Å². The highest BCUT2D eigenvalue weighted by molar-refractivity contribution is 6.08. The van der Waals surface area contributed by atoms with Gasteiger partial charge in [0.1, 0.15) is 5.75 Å². The largest absolute Gasteiger partial charge is 0.508 e. The first-order chi connectivity index (χ1) is 8.84. The van der Waals surface area contributed by atoms with E-state index in [1.807, 2.05) is 20.8 Å². The molecule has 19 heavy (non-hydrogen) atoms. The van der Waals surface area contributed by atoms with Crippen LogP contribution in [-0.2, 0) is 0 Å². The van der Waals surface area contributed by atoms with E-state index in [1.54, 1.807) is 18.2 Å². The molecule has 2 rings (SSSR count). The van der Waals surface area contributed by atoms with Crippen molar-refractivity contribution in [1.29, 1.82) is 0 Å². The van der Waals surface area contributed by atoms with Crippen LogP contribution in [0.4, 0.5) is 0 Å². The minimum absolute atomic E-state index is 0.162. The number of aromatic amines is 1. The predicted octanol–water partition coefficient (Wildman–Crippen LogP) is 1.65. The first-order valence-electron chi connectivity index (χ1n) is 6.18. The number of phenolic OH excluding ortho intramolecular Hbond substituents is 1. The number of aryl methyl sites for hydroxylation is 1. The van der Waals surface area contributed by atoms with E-state index in [4.69, 9.17) is 5.73 Å². The number of nitrogens with two attached hydrogens (primary N) is 1. The summed E-state index contributed by atoms with van der Waals surface area (Å²) >= 11 is 0. The number of nitrogens with one attached hydrogen (secondary N) is 2. The first-order valence-corrected chi connectivity index (χ1v) is 6.18. The summed E-state index contributed by atoms with van der Waals surface area (Å²) in [5, 5.41) is 13.2. The number of phenols is 1. The zero-order valence-electron chi connectivity index (χ0n) is 11.4. The highest BCUT2D eigenvalue weighted by Crippen LogP contribution is 2.25. The number of aromatic hydroxyl groups is 1. The Hall–Kier alpha value is -2.01. The number of amides is 1. The van der Waals surface area contributed by atoms with Gasteiger partial charge >= 0.3 is 0 Å². The molecule has 5 heteroatoms. The number of benzene rings is 1. The average molecular weight is 261 g/mol. The molecule has 1 aromatic heterocycles. The summed E-state index contributed by atoms with van der Waals surface area (Å²) in [7, 11) is 0. The van der Waals surface area contributed by atoms with Crippen molar-refractivity contribution in [3.05, 3.63) is 29.5 Å². The highest BCUT2D eigenvalue weighted by atomic mass is 16.3. The molecule has 0 fully saturated rings. The fraction of sp³-hybridized carbons (Fsp3) is 0.357. The van der Waals surface area contributed by atoms with E-state index >= 15 is 0 Å². The molecule has 0 saturated carbocycles. The molecule has 2 aromatic rings. The maximum absolute atomic E-state index is 12.4. The molecule has 0 unspecified atom stereocenters. The average Bonchev–Trinajstić information content (AvgIpc) is 2.63. The Morgan fingerprint density at radius 1 is 1.47 bits per heavy atom. The summed E-state index contributed by atoms with van der Waals surface area (Å²) in [6, 6.07) is 4.91. The lowest BCUT2D eigenvalue weighted by atomic mass is 10.0. The minimum atomic E-state index is -0.454. The van der Waals surface area contributed by atoms with Gasteiger partial charge in [-0.25, -0.2) is 0 Å². The summed E-state index contributed by atoms with van der Waals surface area (Å²) in [6.45, 7) is 5.95. The number of aromatic nitrogens is 1. The Morgan fingerprint density at radius 2 is 2.16 bits per heavy atom. The number of carbonyl (C=O) groups is 1. The Bertz CT molecular complexity index is 629. The molecular formula is C14H19N3O2. The second kappa shape index (κ2) is 4.59. The molecule has 5 nitrogen and oxygen atoms in total. The van der Waals surface area contributed by atoms with Gasteiger partial charge in [-0.15, -0.1) is 0 Å². The topological polar surface area (TPSA) is 91.1 Å². The molecule has 102 valence electrons. The molecule has 1 heterocycles. The van der Waals surface area contributed by atoms with Gasteiger partial charge < -0.3 is 21.1 Å². The lowest BCUT2D eigenvalue weighted by Gasteiger charge is -2.24. The molecule has 0 spiro atoms. The van der Waals surface area contributed by atoms with Crippen LogP contribution in [0.25, 0.3) is 10.9 Å². The third-order valence-electron chi connectivity index (χ3n) is 3.16. The van der Waals surface area contributed by atoms with Crippen LogP contribution in [0.5, 0.6) is 5.75 Å². The fourth-order valence-corrected chi connectivity index (χ4v) is 2.03. The molecule has 0 aliphatic carbocycles. The maximum atomic E-state index is 12.4. The standard InChI is InChI=1S/C14H19N3O2/c1-8-12(13(19)17-14(2,3)7-15)10-5-4-9(18)6-11(10)16-8/h4-6,16,18H,7,15H2,1-3H3,(H,17,19). The van der Waals surface area contributed by atoms with Crippen LogP contribution in [0.2, 0.25) is 0 Å². The molecule has 0 atom stereocenters. The van der Waals surface area contributed by atoms with Crippen LogP contribution < -0.4 is 11.1 Å². The van der Waals surface area contributed by atoms with E-state index in [1.165, 1.54) is 0 Å². The van der Waals surface area contributed by atoms with Crippen molar-refractivity contribution >= 4 is 16.8 Å². The van der Waals surface area contributed by atoms with E-state index in [0.717, 1.165) is 16.6 Å². The van der Waals surface area contributed by atoms with Gasteiger partial charge in [0.05, 0.1) is 11.1 Å². The van der Waals surface area contributed by atoms with Crippen molar-refractivity contribution in [2.45, 2.75) is 26.3 Å². The highest BCUT2D eigenvalue weighted by Gasteiger charge is 2.23. The van der Waals surface area contributed by atoms with Crippen LogP contribution in [-0.4, -0.2) is 28.1 Å².